The highest BCUT2D eigenvalue weighted by Gasteiger charge is 2.27. The lowest BCUT2D eigenvalue weighted by Crippen LogP contribution is -2.21. The normalized spacial score (nSPS) is 20.1. The molecular weight excluding hydrogens is 221 g/mol. The summed E-state index contributed by atoms with van der Waals surface area (Å²) in [6.45, 7) is 0.432. The topological polar surface area (TPSA) is 26.3 Å². The average Bonchev–Trinajstić information content (AvgIpc) is 2.75. The number of carbonyl (C=O) groups excluding carboxylic acids is 1. The summed E-state index contributed by atoms with van der Waals surface area (Å²) in [6.07, 6.45) is 0.457. The van der Waals surface area contributed by atoms with Crippen molar-refractivity contribution in [3.05, 3.63) is 35.1 Å². The van der Waals surface area contributed by atoms with E-state index >= 15 is 0 Å². The van der Waals surface area contributed by atoms with Gasteiger partial charge in [0.05, 0.1) is 5.56 Å². The van der Waals surface area contributed by atoms with Gasteiger partial charge in [-0.3, -0.25) is 4.79 Å². The van der Waals surface area contributed by atoms with E-state index in [1.54, 1.807) is 0 Å². The molecule has 1 aromatic carbocycles. The predicted molar refractivity (Wildman–Crippen MR) is 49.6 cm³/mol. The molecule has 1 atom stereocenters. The van der Waals surface area contributed by atoms with Crippen LogP contribution in [0.25, 0.3) is 0 Å². The first-order chi connectivity index (χ1) is 7.59. The van der Waals surface area contributed by atoms with E-state index in [0.717, 1.165) is 0 Å². The van der Waals surface area contributed by atoms with Gasteiger partial charge >= 0.3 is 0 Å². The van der Waals surface area contributed by atoms with Crippen LogP contribution in [0.15, 0.2) is 12.1 Å². The number of hydrogen-bond acceptors (Lipinski definition) is 2. The summed E-state index contributed by atoms with van der Waals surface area (Å²) in [4.78, 5) is 11.7. The molecule has 0 aliphatic carbocycles. The maximum atomic E-state index is 13.3. The minimum Gasteiger partial charge on any atom is -0.370 e. The van der Waals surface area contributed by atoms with Gasteiger partial charge in [0, 0.05) is 12.7 Å². The fourth-order valence-corrected chi connectivity index (χ4v) is 1.67. The van der Waals surface area contributed by atoms with Crippen LogP contribution in [0.3, 0.4) is 0 Å². The maximum absolute atomic E-state index is 13.3. The van der Waals surface area contributed by atoms with Crippen LogP contribution in [0.2, 0.25) is 0 Å². The molecule has 0 aromatic heterocycles. The van der Waals surface area contributed by atoms with Crippen molar-refractivity contribution in [2.75, 3.05) is 6.61 Å². The van der Waals surface area contributed by atoms with E-state index in [1.807, 2.05) is 0 Å². The second-order valence-electron chi connectivity index (χ2n) is 3.61. The molecule has 5 heteroatoms. The summed E-state index contributed by atoms with van der Waals surface area (Å²) in [5, 5.41) is 0. The standard InChI is InChI=1S/C11H9F3O2/c12-7-5-9(14)8(13)4-6(7)11(15)10-2-1-3-16-10/h4-5,10H,1-3H2. The van der Waals surface area contributed by atoms with Crippen molar-refractivity contribution in [3.8, 4) is 0 Å². The zero-order valence-electron chi connectivity index (χ0n) is 8.30. The number of ether oxygens (including phenoxy) is 1. The highest BCUT2D eigenvalue weighted by Crippen LogP contribution is 2.21. The number of carbonyl (C=O) groups is 1. The SMILES string of the molecule is O=C(c1cc(F)c(F)cc1F)C1CCCO1. The number of rotatable bonds is 2. The number of benzene rings is 1. The highest BCUT2D eigenvalue weighted by atomic mass is 19.2. The van der Waals surface area contributed by atoms with Gasteiger partial charge in [-0.15, -0.1) is 0 Å². The molecule has 1 aliphatic rings. The molecule has 86 valence electrons. The fourth-order valence-electron chi connectivity index (χ4n) is 1.67. The van der Waals surface area contributed by atoms with Gasteiger partial charge in [0.25, 0.3) is 0 Å². The number of halogens is 3. The molecule has 1 fully saturated rings. The van der Waals surface area contributed by atoms with Crippen molar-refractivity contribution in [1.29, 1.82) is 0 Å². The van der Waals surface area contributed by atoms with Gasteiger partial charge in [-0.05, 0) is 18.9 Å². The fraction of sp³-hybridized carbons (Fsp3) is 0.364. The van der Waals surface area contributed by atoms with Crippen LogP contribution >= 0.6 is 0 Å². The summed E-state index contributed by atoms with van der Waals surface area (Å²) in [7, 11) is 0. The lowest BCUT2D eigenvalue weighted by molar-refractivity contribution is 0.0638. The monoisotopic (exact) mass is 230 g/mol. The van der Waals surface area contributed by atoms with Crippen LogP contribution in [0.1, 0.15) is 23.2 Å². The van der Waals surface area contributed by atoms with Crippen LogP contribution < -0.4 is 0 Å². The van der Waals surface area contributed by atoms with Crippen molar-refractivity contribution in [1.82, 2.24) is 0 Å². The third-order valence-corrected chi connectivity index (χ3v) is 2.50. The van der Waals surface area contributed by atoms with Gasteiger partial charge < -0.3 is 4.74 Å². The molecule has 2 rings (SSSR count). The predicted octanol–water partition coefficient (Wildman–Crippen LogP) is 2.47. The Morgan fingerprint density at radius 2 is 1.88 bits per heavy atom. The lowest BCUT2D eigenvalue weighted by Gasteiger charge is -2.09. The Balaban J connectivity index is 2.32. The van der Waals surface area contributed by atoms with E-state index < -0.39 is 34.9 Å². The van der Waals surface area contributed by atoms with Gasteiger partial charge in [0.15, 0.2) is 17.4 Å². The summed E-state index contributed by atoms with van der Waals surface area (Å²) >= 11 is 0. The minimum atomic E-state index is -1.30. The lowest BCUT2D eigenvalue weighted by atomic mass is 10.0. The quantitative estimate of drug-likeness (QED) is 0.576. The molecule has 2 nitrogen and oxygen atoms in total. The first-order valence-corrected chi connectivity index (χ1v) is 4.90. The van der Waals surface area contributed by atoms with Crippen molar-refractivity contribution < 1.29 is 22.7 Å². The Kier molecular flexibility index (Phi) is 2.96. The van der Waals surface area contributed by atoms with Crippen LogP contribution in [0, 0.1) is 17.5 Å². The zero-order chi connectivity index (χ0) is 11.7. The Morgan fingerprint density at radius 3 is 2.50 bits per heavy atom. The van der Waals surface area contributed by atoms with E-state index in [9.17, 15) is 18.0 Å². The molecule has 0 N–H and O–H groups in total. The molecule has 0 radical (unpaired) electrons. The Bertz CT molecular complexity index is 425. The largest absolute Gasteiger partial charge is 0.370 e. The molecule has 1 saturated heterocycles. The van der Waals surface area contributed by atoms with E-state index in [2.05, 4.69) is 0 Å². The molecule has 0 saturated carbocycles. The third kappa shape index (κ3) is 1.95. The minimum absolute atomic E-state index is 0.373. The molecule has 0 amide bonds. The number of hydrogen-bond donors (Lipinski definition) is 0. The van der Waals surface area contributed by atoms with Crippen molar-refractivity contribution in [2.24, 2.45) is 0 Å². The molecule has 1 heterocycles. The van der Waals surface area contributed by atoms with Crippen LogP contribution in [0.4, 0.5) is 13.2 Å². The molecule has 16 heavy (non-hydrogen) atoms. The second-order valence-corrected chi connectivity index (χ2v) is 3.61. The summed E-state index contributed by atoms with van der Waals surface area (Å²) < 4.78 is 43.8. The van der Waals surface area contributed by atoms with Crippen molar-refractivity contribution in [2.45, 2.75) is 18.9 Å². The third-order valence-electron chi connectivity index (χ3n) is 2.50. The number of Topliss-reactive ketones (excluding diaryl/α,β-unsaturated/α-hetero) is 1. The zero-order valence-corrected chi connectivity index (χ0v) is 8.30. The number of ketones is 1. The van der Waals surface area contributed by atoms with E-state index in [1.165, 1.54) is 0 Å². The van der Waals surface area contributed by atoms with Crippen LogP contribution in [0.5, 0.6) is 0 Å². The first-order valence-electron chi connectivity index (χ1n) is 4.90. The van der Waals surface area contributed by atoms with Gasteiger partial charge in [-0.2, -0.15) is 0 Å². The van der Waals surface area contributed by atoms with Crippen molar-refractivity contribution >= 4 is 5.78 Å². The summed E-state index contributed by atoms with van der Waals surface area (Å²) in [6, 6.07) is 0.951. The van der Waals surface area contributed by atoms with Gasteiger partial charge in [0.1, 0.15) is 11.9 Å². The van der Waals surface area contributed by atoms with E-state index in [0.29, 0.717) is 31.6 Å². The molecule has 0 spiro atoms. The van der Waals surface area contributed by atoms with E-state index in [-0.39, 0.29) is 0 Å². The molecular formula is C11H9F3O2. The van der Waals surface area contributed by atoms with Gasteiger partial charge in [0.2, 0.25) is 0 Å². The average molecular weight is 230 g/mol. The molecule has 0 bridgehead atoms. The summed E-state index contributed by atoms with van der Waals surface area (Å²) in [5.41, 5.74) is -0.453. The Labute approximate surface area is 90.0 Å². The van der Waals surface area contributed by atoms with Crippen LogP contribution in [-0.2, 0) is 4.74 Å². The Hall–Kier alpha value is -1.36. The first kappa shape index (κ1) is 11.1. The van der Waals surface area contributed by atoms with Gasteiger partial charge in [-0.25, -0.2) is 13.2 Å². The van der Waals surface area contributed by atoms with E-state index in [4.69, 9.17) is 4.74 Å². The second kappa shape index (κ2) is 4.25. The molecule has 1 aromatic rings. The van der Waals surface area contributed by atoms with Crippen molar-refractivity contribution in [3.63, 3.8) is 0 Å². The summed E-state index contributed by atoms with van der Waals surface area (Å²) in [5.74, 6) is -4.22. The van der Waals surface area contributed by atoms with Crippen LogP contribution in [-0.4, -0.2) is 18.5 Å². The van der Waals surface area contributed by atoms with Gasteiger partial charge in [-0.1, -0.05) is 0 Å². The highest BCUT2D eigenvalue weighted by molar-refractivity contribution is 5.99. The molecule has 1 aliphatic heterocycles. The maximum Gasteiger partial charge on any atom is 0.194 e. The smallest absolute Gasteiger partial charge is 0.194 e. The Morgan fingerprint density at radius 1 is 1.19 bits per heavy atom. The molecule has 1 unspecified atom stereocenters.